The average Bonchev–Trinajstić information content (AvgIpc) is 3.44. The number of carbonyl (C=O) groups excluding carboxylic acids is 2. The summed E-state index contributed by atoms with van der Waals surface area (Å²) in [6.45, 7) is 0.146. The van der Waals surface area contributed by atoms with Gasteiger partial charge in [0.2, 0.25) is 11.8 Å². The molecule has 2 amide bonds. The van der Waals surface area contributed by atoms with Gasteiger partial charge in [-0.25, -0.2) is 0 Å². The normalized spacial score (nSPS) is 27.2. The van der Waals surface area contributed by atoms with Crippen LogP contribution in [0.4, 0.5) is 17.1 Å². The summed E-state index contributed by atoms with van der Waals surface area (Å²) in [6, 6.07) is 12.5. The predicted molar refractivity (Wildman–Crippen MR) is 114 cm³/mol. The summed E-state index contributed by atoms with van der Waals surface area (Å²) in [6.07, 6.45) is 2.91. The van der Waals surface area contributed by atoms with E-state index in [1.165, 1.54) is 11.0 Å². The number of benzene rings is 2. The van der Waals surface area contributed by atoms with Gasteiger partial charge < -0.3 is 10.1 Å². The first-order chi connectivity index (χ1) is 15.8. The third kappa shape index (κ3) is 3.24. The van der Waals surface area contributed by atoms with E-state index in [0.29, 0.717) is 0 Å². The molecule has 33 heavy (non-hydrogen) atoms. The van der Waals surface area contributed by atoms with E-state index < -0.39 is 44.8 Å². The van der Waals surface area contributed by atoms with Crippen LogP contribution in [0.15, 0.2) is 60.7 Å². The quantitative estimate of drug-likeness (QED) is 0.293. The van der Waals surface area contributed by atoms with Crippen molar-refractivity contribution in [3.8, 4) is 0 Å². The Bertz CT molecular complexity index is 1210. The molecule has 0 unspecified atom stereocenters. The summed E-state index contributed by atoms with van der Waals surface area (Å²) in [7, 11) is 0. The first-order valence-corrected chi connectivity index (χ1v) is 10.2. The Labute approximate surface area is 186 Å². The Morgan fingerprint density at radius 3 is 2.48 bits per heavy atom. The van der Waals surface area contributed by atoms with Gasteiger partial charge in [-0.15, -0.1) is 0 Å². The first-order valence-electron chi connectivity index (χ1n) is 10.2. The van der Waals surface area contributed by atoms with Crippen LogP contribution in [0.25, 0.3) is 0 Å². The number of amides is 2. The average molecular weight is 450 g/mol. The standard InChI is InChI=1S/C22H18N4O7/c27-20-18-17-8-9-22(33-17,19(18)21(28)24(20)11-13-4-2-1-3-5-13)12-23-15-7-6-14(25(29)30)10-16(15)26(31)32/h1-10,17-19,23H,11-12H2/t17-,18+,19-,22+/m0/s1. The molecule has 168 valence electrons. The van der Waals surface area contributed by atoms with Gasteiger partial charge in [0, 0.05) is 12.6 Å². The minimum Gasteiger partial charge on any atom is -0.376 e. The van der Waals surface area contributed by atoms with Crippen LogP contribution in [0.5, 0.6) is 0 Å². The molecule has 2 fully saturated rings. The number of nitro groups is 2. The highest BCUT2D eigenvalue weighted by Gasteiger charge is 2.67. The van der Waals surface area contributed by atoms with Crippen LogP contribution in [-0.4, -0.2) is 44.8 Å². The molecule has 11 nitrogen and oxygen atoms in total. The maximum absolute atomic E-state index is 13.3. The molecule has 1 N–H and O–H groups in total. The van der Waals surface area contributed by atoms with Crippen molar-refractivity contribution in [3.63, 3.8) is 0 Å². The highest BCUT2D eigenvalue weighted by molar-refractivity contribution is 6.07. The molecule has 0 radical (unpaired) electrons. The number of anilines is 1. The van der Waals surface area contributed by atoms with E-state index >= 15 is 0 Å². The van der Waals surface area contributed by atoms with E-state index in [4.69, 9.17) is 4.74 Å². The smallest absolute Gasteiger partial charge is 0.299 e. The maximum Gasteiger partial charge on any atom is 0.299 e. The predicted octanol–water partition coefficient (Wildman–Crippen LogP) is 2.42. The van der Waals surface area contributed by atoms with E-state index in [2.05, 4.69) is 5.32 Å². The van der Waals surface area contributed by atoms with E-state index in [-0.39, 0.29) is 30.6 Å². The molecule has 3 aliphatic heterocycles. The zero-order valence-electron chi connectivity index (χ0n) is 17.1. The molecule has 3 aliphatic rings. The lowest BCUT2D eigenvalue weighted by molar-refractivity contribution is -0.393. The van der Waals surface area contributed by atoms with E-state index in [0.717, 1.165) is 17.7 Å². The molecule has 4 atom stereocenters. The van der Waals surface area contributed by atoms with E-state index in [1.54, 1.807) is 12.2 Å². The van der Waals surface area contributed by atoms with Gasteiger partial charge in [-0.1, -0.05) is 42.5 Å². The number of rotatable bonds is 7. The molecule has 0 aliphatic carbocycles. The fraction of sp³-hybridized carbons (Fsp3) is 0.273. The number of hydrogen-bond acceptors (Lipinski definition) is 8. The van der Waals surface area contributed by atoms with Crippen molar-refractivity contribution in [2.75, 3.05) is 11.9 Å². The van der Waals surface area contributed by atoms with Crippen LogP contribution < -0.4 is 5.32 Å². The summed E-state index contributed by atoms with van der Waals surface area (Å²) < 4.78 is 6.03. The van der Waals surface area contributed by atoms with Gasteiger partial charge in [0.15, 0.2) is 0 Å². The van der Waals surface area contributed by atoms with Crippen molar-refractivity contribution < 1.29 is 24.2 Å². The molecule has 2 bridgehead atoms. The molecule has 11 heteroatoms. The molecule has 5 rings (SSSR count). The van der Waals surface area contributed by atoms with Crippen LogP contribution in [0.2, 0.25) is 0 Å². The van der Waals surface area contributed by atoms with Crippen LogP contribution in [0, 0.1) is 32.1 Å². The van der Waals surface area contributed by atoms with Gasteiger partial charge in [0.05, 0.1) is 40.4 Å². The van der Waals surface area contributed by atoms with Gasteiger partial charge in [-0.3, -0.25) is 34.7 Å². The number of ether oxygens (including phenoxy) is 1. The lowest BCUT2D eigenvalue weighted by Gasteiger charge is -2.29. The molecular formula is C22H18N4O7. The van der Waals surface area contributed by atoms with Gasteiger partial charge >= 0.3 is 0 Å². The molecular weight excluding hydrogens is 432 g/mol. The Morgan fingerprint density at radius 1 is 1.03 bits per heavy atom. The Morgan fingerprint density at radius 2 is 1.79 bits per heavy atom. The zero-order chi connectivity index (χ0) is 23.3. The van der Waals surface area contributed by atoms with Crippen LogP contribution in [-0.2, 0) is 20.9 Å². The molecule has 2 aromatic carbocycles. The first kappa shape index (κ1) is 20.8. The lowest BCUT2D eigenvalue weighted by Crippen LogP contribution is -2.45. The van der Waals surface area contributed by atoms with Crippen molar-refractivity contribution in [2.24, 2.45) is 11.8 Å². The fourth-order valence-electron chi connectivity index (χ4n) is 4.86. The van der Waals surface area contributed by atoms with Gasteiger partial charge in [0.1, 0.15) is 11.3 Å². The number of imide groups is 1. The third-order valence-corrected chi connectivity index (χ3v) is 6.37. The molecule has 0 saturated carbocycles. The minimum atomic E-state index is -1.15. The number of fused-ring (bicyclic) bond motifs is 5. The van der Waals surface area contributed by atoms with E-state index in [1.807, 2.05) is 30.3 Å². The topological polar surface area (TPSA) is 145 Å². The van der Waals surface area contributed by atoms with Crippen molar-refractivity contribution >= 4 is 28.9 Å². The number of likely N-dealkylation sites (tertiary alicyclic amines) is 1. The SMILES string of the molecule is O=C1[C@@H]2[C@@H]3C=C[C@](CNc4ccc([N+](=O)[O-])cc4[N+](=O)[O-])(O3)[C@@H]2C(=O)N1Cc1ccccc1. The molecule has 2 saturated heterocycles. The number of hydrogen-bond donors (Lipinski definition) is 1. The van der Waals surface area contributed by atoms with Crippen molar-refractivity contribution in [2.45, 2.75) is 18.2 Å². The number of nitro benzene ring substituents is 2. The number of nitrogens with one attached hydrogen (secondary N) is 1. The van der Waals surface area contributed by atoms with Gasteiger partial charge in [0.25, 0.3) is 11.4 Å². The number of carbonyl (C=O) groups is 2. The van der Waals surface area contributed by atoms with Crippen LogP contribution in [0.3, 0.4) is 0 Å². The van der Waals surface area contributed by atoms with Crippen LogP contribution >= 0.6 is 0 Å². The largest absolute Gasteiger partial charge is 0.376 e. The zero-order valence-corrected chi connectivity index (χ0v) is 17.1. The lowest BCUT2D eigenvalue weighted by atomic mass is 9.77. The molecule has 2 aromatic rings. The van der Waals surface area contributed by atoms with Crippen molar-refractivity contribution in [3.05, 3.63) is 86.5 Å². The Hall–Kier alpha value is -4.12. The monoisotopic (exact) mass is 450 g/mol. The van der Waals surface area contributed by atoms with E-state index in [9.17, 15) is 29.8 Å². The van der Waals surface area contributed by atoms with Gasteiger partial charge in [-0.05, 0) is 11.6 Å². The van der Waals surface area contributed by atoms with Crippen molar-refractivity contribution in [1.82, 2.24) is 4.90 Å². The summed E-state index contributed by atoms with van der Waals surface area (Å²) in [5.74, 6) is -2.06. The second kappa shape index (κ2) is 7.48. The maximum atomic E-state index is 13.3. The third-order valence-electron chi connectivity index (χ3n) is 6.37. The second-order valence-electron chi connectivity index (χ2n) is 8.22. The summed E-state index contributed by atoms with van der Waals surface area (Å²) in [5.41, 5.74) is -1.14. The van der Waals surface area contributed by atoms with Crippen molar-refractivity contribution in [1.29, 1.82) is 0 Å². The second-order valence-corrected chi connectivity index (χ2v) is 8.22. The Kier molecular flexibility index (Phi) is 4.71. The summed E-state index contributed by atoms with van der Waals surface area (Å²) in [5, 5.41) is 25.3. The highest BCUT2D eigenvalue weighted by atomic mass is 16.6. The number of nitrogens with zero attached hydrogens (tertiary/aromatic N) is 3. The summed E-state index contributed by atoms with van der Waals surface area (Å²) in [4.78, 5) is 48.6. The molecule has 0 aromatic heterocycles. The fourth-order valence-corrected chi connectivity index (χ4v) is 4.86. The highest BCUT2D eigenvalue weighted by Crippen LogP contribution is 2.52. The molecule has 0 spiro atoms. The van der Waals surface area contributed by atoms with Crippen LogP contribution in [0.1, 0.15) is 5.56 Å². The van der Waals surface area contributed by atoms with Gasteiger partial charge in [-0.2, -0.15) is 0 Å². The number of non-ortho nitro benzene ring substituents is 1. The Balaban J connectivity index is 1.39. The summed E-state index contributed by atoms with van der Waals surface area (Å²) >= 11 is 0. The molecule has 3 heterocycles. The minimum absolute atomic E-state index is 0.0159.